The minimum Gasteiger partial charge on any atom is -0.355 e. The van der Waals surface area contributed by atoms with Gasteiger partial charge in [0, 0.05) is 43.3 Å². The van der Waals surface area contributed by atoms with Gasteiger partial charge in [0.15, 0.2) is 0 Å². The van der Waals surface area contributed by atoms with Crippen LogP contribution in [0.4, 0.5) is 0 Å². The number of aromatic nitrogens is 1. The highest BCUT2D eigenvalue weighted by molar-refractivity contribution is 7.09. The van der Waals surface area contributed by atoms with Crippen LogP contribution in [0.5, 0.6) is 0 Å². The molecule has 122 valence electrons. The van der Waals surface area contributed by atoms with Gasteiger partial charge in [-0.15, -0.1) is 11.3 Å². The predicted molar refractivity (Wildman–Crippen MR) is 90.0 cm³/mol. The zero-order valence-corrected chi connectivity index (χ0v) is 14.0. The Hall–Kier alpha value is -2.08. The lowest BCUT2D eigenvalue weighted by atomic mass is 10.1. The molecule has 1 aliphatic heterocycles. The van der Waals surface area contributed by atoms with Crippen LogP contribution in [0.3, 0.4) is 0 Å². The molecule has 3 rings (SSSR count). The Kier molecular flexibility index (Phi) is 4.81. The molecule has 6 heteroatoms. The van der Waals surface area contributed by atoms with Crippen LogP contribution in [-0.2, 0) is 29.1 Å². The fourth-order valence-corrected chi connectivity index (χ4v) is 3.62. The van der Waals surface area contributed by atoms with Crippen molar-refractivity contribution in [2.75, 3.05) is 13.1 Å². The van der Waals surface area contributed by atoms with Gasteiger partial charge < -0.3 is 14.8 Å². The maximum atomic E-state index is 12.5. The van der Waals surface area contributed by atoms with Crippen LogP contribution in [0.1, 0.15) is 17.5 Å². The van der Waals surface area contributed by atoms with Gasteiger partial charge in [-0.3, -0.25) is 9.59 Å². The summed E-state index contributed by atoms with van der Waals surface area (Å²) in [6.45, 7) is 3.86. The Morgan fingerprint density at radius 3 is 2.91 bits per heavy atom. The van der Waals surface area contributed by atoms with Gasteiger partial charge in [-0.1, -0.05) is 6.07 Å². The summed E-state index contributed by atoms with van der Waals surface area (Å²) < 4.78 is 2.08. The minimum atomic E-state index is -0.212. The number of thiophene rings is 1. The van der Waals surface area contributed by atoms with Crippen LogP contribution in [0.25, 0.3) is 0 Å². The van der Waals surface area contributed by atoms with Crippen molar-refractivity contribution in [3.8, 4) is 0 Å². The van der Waals surface area contributed by atoms with Gasteiger partial charge in [-0.05, 0) is 30.0 Å². The molecule has 3 heterocycles. The second kappa shape index (κ2) is 7.00. The summed E-state index contributed by atoms with van der Waals surface area (Å²) in [4.78, 5) is 27.3. The summed E-state index contributed by atoms with van der Waals surface area (Å²) in [7, 11) is 0. The molecule has 0 saturated carbocycles. The van der Waals surface area contributed by atoms with Crippen LogP contribution < -0.4 is 5.32 Å². The fraction of sp³-hybridized carbons (Fsp3) is 0.412. The lowest BCUT2D eigenvalue weighted by Crippen LogP contribution is -2.40. The molecule has 2 aromatic rings. The van der Waals surface area contributed by atoms with Crippen molar-refractivity contribution in [1.82, 2.24) is 14.8 Å². The van der Waals surface area contributed by atoms with Crippen LogP contribution in [0.2, 0.25) is 0 Å². The third kappa shape index (κ3) is 3.82. The molecular formula is C17H21N3O2S. The van der Waals surface area contributed by atoms with Gasteiger partial charge >= 0.3 is 0 Å². The van der Waals surface area contributed by atoms with E-state index in [2.05, 4.69) is 16.0 Å². The molecule has 5 nitrogen and oxygen atoms in total. The van der Waals surface area contributed by atoms with E-state index in [4.69, 9.17) is 0 Å². The van der Waals surface area contributed by atoms with Crippen LogP contribution >= 0.6 is 11.3 Å². The van der Waals surface area contributed by atoms with Gasteiger partial charge in [0.2, 0.25) is 11.8 Å². The first-order chi connectivity index (χ1) is 11.1. The van der Waals surface area contributed by atoms with E-state index in [-0.39, 0.29) is 17.7 Å². The van der Waals surface area contributed by atoms with E-state index in [1.807, 2.05) is 29.8 Å². The number of hydrogen-bond acceptors (Lipinski definition) is 3. The Morgan fingerprint density at radius 2 is 2.17 bits per heavy atom. The first kappa shape index (κ1) is 15.8. The third-order valence-corrected chi connectivity index (χ3v) is 5.14. The fourth-order valence-electron chi connectivity index (χ4n) is 2.91. The zero-order valence-electron chi connectivity index (χ0n) is 13.2. The molecule has 0 radical (unpaired) electrons. The van der Waals surface area contributed by atoms with Crippen molar-refractivity contribution in [2.45, 2.75) is 26.4 Å². The second-order valence-electron chi connectivity index (χ2n) is 5.87. The number of amides is 2. The minimum absolute atomic E-state index is 0.0102. The average molecular weight is 331 g/mol. The SMILES string of the molecule is CC(=O)N1Cc2cccn2CC(C(=O)NCCc2cccs2)C1. The van der Waals surface area contributed by atoms with E-state index in [9.17, 15) is 9.59 Å². The quantitative estimate of drug-likeness (QED) is 0.930. The van der Waals surface area contributed by atoms with Crippen molar-refractivity contribution in [1.29, 1.82) is 0 Å². The van der Waals surface area contributed by atoms with Crippen molar-refractivity contribution in [2.24, 2.45) is 5.92 Å². The van der Waals surface area contributed by atoms with Crippen molar-refractivity contribution >= 4 is 23.2 Å². The highest BCUT2D eigenvalue weighted by atomic mass is 32.1. The number of rotatable bonds is 4. The Labute approximate surface area is 139 Å². The average Bonchev–Trinajstić information content (AvgIpc) is 3.15. The summed E-state index contributed by atoms with van der Waals surface area (Å²) >= 11 is 1.70. The van der Waals surface area contributed by atoms with Crippen LogP contribution in [0.15, 0.2) is 35.8 Å². The van der Waals surface area contributed by atoms with Gasteiger partial charge in [-0.2, -0.15) is 0 Å². The Morgan fingerprint density at radius 1 is 1.30 bits per heavy atom. The summed E-state index contributed by atoms with van der Waals surface area (Å²) in [5.41, 5.74) is 1.08. The second-order valence-corrected chi connectivity index (χ2v) is 6.90. The van der Waals surface area contributed by atoms with E-state index >= 15 is 0 Å². The van der Waals surface area contributed by atoms with E-state index in [0.29, 0.717) is 26.2 Å². The van der Waals surface area contributed by atoms with Gasteiger partial charge in [-0.25, -0.2) is 0 Å². The maximum Gasteiger partial charge on any atom is 0.226 e. The van der Waals surface area contributed by atoms with Gasteiger partial charge in [0.25, 0.3) is 0 Å². The smallest absolute Gasteiger partial charge is 0.226 e. The maximum absolute atomic E-state index is 12.5. The molecule has 1 atom stereocenters. The van der Waals surface area contributed by atoms with Crippen molar-refractivity contribution < 1.29 is 9.59 Å². The van der Waals surface area contributed by atoms with Crippen molar-refractivity contribution in [3.63, 3.8) is 0 Å². The molecule has 0 fully saturated rings. The lowest BCUT2D eigenvalue weighted by molar-refractivity contribution is -0.132. The van der Waals surface area contributed by atoms with Crippen molar-refractivity contribution in [3.05, 3.63) is 46.4 Å². The molecule has 2 amide bonds. The normalized spacial score (nSPS) is 17.4. The van der Waals surface area contributed by atoms with E-state index < -0.39 is 0 Å². The van der Waals surface area contributed by atoms with E-state index in [1.165, 1.54) is 4.88 Å². The molecule has 0 saturated heterocycles. The highest BCUT2D eigenvalue weighted by Gasteiger charge is 2.27. The highest BCUT2D eigenvalue weighted by Crippen LogP contribution is 2.17. The molecule has 0 spiro atoms. The molecule has 1 N–H and O–H groups in total. The number of fused-ring (bicyclic) bond motifs is 1. The Balaban J connectivity index is 1.63. The third-order valence-electron chi connectivity index (χ3n) is 4.20. The van der Waals surface area contributed by atoms with E-state index in [0.717, 1.165) is 12.1 Å². The summed E-state index contributed by atoms with van der Waals surface area (Å²) in [6.07, 6.45) is 2.83. The number of carbonyl (C=O) groups excluding carboxylic acids is 2. The van der Waals surface area contributed by atoms with E-state index in [1.54, 1.807) is 23.2 Å². The topological polar surface area (TPSA) is 54.3 Å². The molecule has 23 heavy (non-hydrogen) atoms. The number of nitrogens with zero attached hydrogens (tertiary/aromatic N) is 2. The molecule has 1 unspecified atom stereocenters. The number of nitrogens with one attached hydrogen (secondary N) is 1. The predicted octanol–water partition coefficient (Wildman–Crippen LogP) is 1.89. The first-order valence-corrected chi connectivity index (χ1v) is 8.71. The first-order valence-electron chi connectivity index (χ1n) is 7.83. The molecule has 1 aliphatic rings. The zero-order chi connectivity index (χ0) is 16.2. The summed E-state index contributed by atoms with van der Waals surface area (Å²) in [6, 6.07) is 8.06. The molecular weight excluding hydrogens is 310 g/mol. The lowest BCUT2D eigenvalue weighted by Gasteiger charge is -2.22. The molecule has 0 aliphatic carbocycles. The molecule has 0 bridgehead atoms. The Bertz CT molecular complexity index is 678. The number of hydrogen-bond donors (Lipinski definition) is 1. The number of carbonyl (C=O) groups is 2. The molecule has 2 aromatic heterocycles. The van der Waals surface area contributed by atoms with Crippen LogP contribution in [-0.4, -0.2) is 34.4 Å². The van der Waals surface area contributed by atoms with Crippen LogP contribution in [0, 0.1) is 5.92 Å². The monoisotopic (exact) mass is 331 g/mol. The summed E-state index contributed by atoms with van der Waals surface area (Å²) in [5.74, 6) is -0.179. The van der Waals surface area contributed by atoms with Gasteiger partial charge in [0.1, 0.15) is 0 Å². The largest absolute Gasteiger partial charge is 0.355 e. The molecule has 0 aromatic carbocycles. The summed E-state index contributed by atoms with van der Waals surface area (Å²) in [5, 5.41) is 5.06. The van der Waals surface area contributed by atoms with Gasteiger partial charge in [0.05, 0.1) is 12.5 Å². The standard InChI is InChI=1S/C17H21N3O2S/c1-13(21)20-11-14(10-19-8-2-4-15(19)12-20)17(22)18-7-6-16-5-3-9-23-16/h2-5,8-9,14H,6-7,10-12H2,1H3,(H,18,22).